The van der Waals surface area contributed by atoms with E-state index in [9.17, 15) is 0 Å². The molecule has 3 nitrogen and oxygen atoms in total. The summed E-state index contributed by atoms with van der Waals surface area (Å²) in [6.07, 6.45) is 0. The zero-order valence-corrected chi connectivity index (χ0v) is 13.3. The molecule has 3 heteroatoms. The number of nitrogens with one attached hydrogen (secondary N) is 1. The average molecular weight is 291 g/mol. The van der Waals surface area contributed by atoms with Crippen molar-refractivity contribution >= 4 is 17.2 Å². The van der Waals surface area contributed by atoms with Gasteiger partial charge in [0.25, 0.3) is 0 Å². The minimum atomic E-state index is -0.0654. The highest BCUT2D eigenvalue weighted by Crippen LogP contribution is 2.31. The summed E-state index contributed by atoms with van der Waals surface area (Å²) in [5.41, 5.74) is 4.10. The first-order valence-electron chi connectivity index (χ1n) is 7.55. The van der Waals surface area contributed by atoms with Crippen molar-refractivity contribution in [2.45, 2.75) is 26.3 Å². The van der Waals surface area contributed by atoms with Crippen LogP contribution in [0.4, 0.5) is 5.69 Å². The maximum Gasteiger partial charge on any atom is 0.140 e. The number of rotatable bonds is 1. The van der Waals surface area contributed by atoms with Gasteiger partial charge in [-0.15, -0.1) is 0 Å². The van der Waals surface area contributed by atoms with Crippen LogP contribution in [-0.4, -0.2) is 23.6 Å². The molecular formula is C19H21N3. The van der Waals surface area contributed by atoms with Crippen molar-refractivity contribution in [2.75, 3.05) is 11.4 Å². The van der Waals surface area contributed by atoms with E-state index in [1.807, 2.05) is 24.3 Å². The number of aliphatic imine (C=N–C) groups is 1. The van der Waals surface area contributed by atoms with Gasteiger partial charge in [-0.3, -0.25) is 5.41 Å². The van der Waals surface area contributed by atoms with E-state index >= 15 is 0 Å². The predicted octanol–water partition coefficient (Wildman–Crippen LogP) is 4.12. The van der Waals surface area contributed by atoms with E-state index in [1.165, 1.54) is 0 Å². The molecule has 1 N–H and O–H groups in total. The molecule has 0 unspecified atom stereocenters. The summed E-state index contributed by atoms with van der Waals surface area (Å²) in [5.74, 6) is 0.393. The molecule has 3 rings (SSSR count). The van der Waals surface area contributed by atoms with Crippen LogP contribution >= 0.6 is 0 Å². The molecule has 0 aliphatic carbocycles. The molecule has 1 aliphatic rings. The van der Waals surface area contributed by atoms with Gasteiger partial charge in [-0.05, 0) is 26.8 Å². The minimum absolute atomic E-state index is 0.0654. The second-order valence-corrected chi connectivity index (χ2v) is 6.55. The largest absolute Gasteiger partial charge is 0.359 e. The van der Waals surface area contributed by atoms with Gasteiger partial charge in [-0.25, -0.2) is 4.99 Å². The van der Waals surface area contributed by atoms with E-state index in [4.69, 9.17) is 5.41 Å². The first kappa shape index (κ1) is 14.5. The Balaban J connectivity index is 2.21. The molecule has 0 bridgehead atoms. The first-order valence-corrected chi connectivity index (χ1v) is 7.55. The molecule has 1 aliphatic heterocycles. The van der Waals surface area contributed by atoms with E-state index in [0.717, 1.165) is 22.5 Å². The Labute approximate surface area is 131 Å². The van der Waals surface area contributed by atoms with Crippen molar-refractivity contribution in [1.82, 2.24) is 0 Å². The van der Waals surface area contributed by atoms with Gasteiger partial charge >= 0.3 is 0 Å². The molecule has 0 saturated carbocycles. The first-order chi connectivity index (χ1) is 10.5. The summed E-state index contributed by atoms with van der Waals surface area (Å²) in [4.78, 5) is 6.86. The number of hydrogen-bond donors (Lipinski definition) is 1. The zero-order chi connectivity index (χ0) is 15.7. The summed E-state index contributed by atoms with van der Waals surface area (Å²) < 4.78 is 0. The molecule has 0 fully saturated rings. The smallest absolute Gasteiger partial charge is 0.140 e. The average Bonchev–Trinajstić information content (AvgIpc) is 2.65. The lowest BCUT2D eigenvalue weighted by molar-refractivity contribution is 0.526. The van der Waals surface area contributed by atoms with Crippen LogP contribution in [-0.2, 0) is 0 Å². The summed E-state index contributed by atoms with van der Waals surface area (Å²) >= 11 is 0. The Kier molecular flexibility index (Phi) is 3.57. The van der Waals surface area contributed by atoms with Crippen molar-refractivity contribution in [3.63, 3.8) is 0 Å². The van der Waals surface area contributed by atoms with E-state index in [2.05, 4.69) is 61.0 Å². The zero-order valence-electron chi connectivity index (χ0n) is 13.3. The van der Waals surface area contributed by atoms with Crippen LogP contribution in [0.2, 0.25) is 0 Å². The second kappa shape index (κ2) is 5.41. The standard InChI is InChI=1S/C19H21N3/c1-19(2,3)22-13-17(20)21-18(14-9-5-4-6-10-14)15-11-7-8-12-16(15)22/h4-12,20H,13H2,1-3H3. The molecule has 0 aromatic heterocycles. The maximum atomic E-state index is 8.27. The van der Waals surface area contributed by atoms with Crippen molar-refractivity contribution in [3.05, 3.63) is 65.7 Å². The quantitative estimate of drug-likeness (QED) is 0.843. The molecular weight excluding hydrogens is 270 g/mol. The van der Waals surface area contributed by atoms with Crippen LogP contribution < -0.4 is 4.90 Å². The highest BCUT2D eigenvalue weighted by Gasteiger charge is 2.28. The third-order valence-electron chi connectivity index (χ3n) is 3.86. The van der Waals surface area contributed by atoms with Crippen LogP contribution in [0.1, 0.15) is 31.9 Å². The van der Waals surface area contributed by atoms with E-state index in [1.54, 1.807) is 0 Å². The number of hydrogen-bond acceptors (Lipinski definition) is 2. The summed E-state index contributed by atoms with van der Waals surface area (Å²) in [7, 11) is 0. The van der Waals surface area contributed by atoms with Crippen LogP contribution in [0.15, 0.2) is 59.6 Å². The Morgan fingerprint density at radius 2 is 1.59 bits per heavy atom. The van der Waals surface area contributed by atoms with E-state index < -0.39 is 0 Å². The third-order valence-corrected chi connectivity index (χ3v) is 3.86. The normalized spacial score (nSPS) is 15.1. The SMILES string of the molecule is CC(C)(C)N1CC(=N)N=C(c2ccccc2)c2ccccc21. The lowest BCUT2D eigenvalue weighted by Gasteiger charge is -2.37. The fourth-order valence-corrected chi connectivity index (χ4v) is 2.79. The molecule has 22 heavy (non-hydrogen) atoms. The van der Waals surface area contributed by atoms with Crippen LogP contribution in [0, 0.1) is 5.41 Å². The monoisotopic (exact) mass is 291 g/mol. The van der Waals surface area contributed by atoms with Gasteiger partial charge in [0.05, 0.1) is 12.3 Å². The topological polar surface area (TPSA) is 39.5 Å². The molecule has 0 radical (unpaired) electrons. The number of para-hydroxylation sites is 1. The number of amidine groups is 1. The highest BCUT2D eigenvalue weighted by atomic mass is 15.2. The fourth-order valence-electron chi connectivity index (χ4n) is 2.79. The van der Waals surface area contributed by atoms with Gasteiger partial charge < -0.3 is 4.90 Å². The molecule has 0 saturated heterocycles. The Bertz CT molecular complexity index is 724. The molecule has 0 atom stereocenters. The van der Waals surface area contributed by atoms with E-state index in [0.29, 0.717) is 12.4 Å². The molecule has 112 valence electrons. The highest BCUT2D eigenvalue weighted by molar-refractivity contribution is 6.21. The maximum absolute atomic E-state index is 8.27. The predicted molar refractivity (Wildman–Crippen MR) is 93.3 cm³/mol. The number of fused-ring (bicyclic) bond motifs is 1. The number of benzene rings is 2. The third kappa shape index (κ3) is 2.67. The van der Waals surface area contributed by atoms with Gasteiger partial charge in [0.1, 0.15) is 5.84 Å². The molecule has 0 spiro atoms. The van der Waals surface area contributed by atoms with E-state index in [-0.39, 0.29) is 5.54 Å². The summed E-state index contributed by atoms with van der Waals surface area (Å²) in [6.45, 7) is 7.04. The molecule has 0 amide bonds. The molecule has 2 aromatic rings. The van der Waals surface area contributed by atoms with Crippen LogP contribution in [0.5, 0.6) is 0 Å². The van der Waals surface area contributed by atoms with Gasteiger partial charge in [0.2, 0.25) is 0 Å². The van der Waals surface area contributed by atoms with Crippen molar-refractivity contribution in [3.8, 4) is 0 Å². The number of anilines is 1. The Hall–Kier alpha value is -2.42. The van der Waals surface area contributed by atoms with Crippen LogP contribution in [0.25, 0.3) is 0 Å². The van der Waals surface area contributed by atoms with Gasteiger partial charge in [-0.2, -0.15) is 0 Å². The van der Waals surface area contributed by atoms with Crippen molar-refractivity contribution in [2.24, 2.45) is 4.99 Å². The van der Waals surface area contributed by atoms with Gasteiger partial charge in [0, 0.05) is 22.4 Å². The number of nitrogens with zero attached hydrogens (tertiary/aromatic N) is 2. The van der Waals surface area contributed by atoms with Crippen molar-refractivity contribution in [1.29, 1.82) is 5.41 Å². The van der Waals surface area contributed by atoms with Gasteiger partial charge in [-0.1, -0.05) is 48.5 Å². The summed E-state index contributed by atoms with van der Waals surface area (Å²) in [5, 5.41) is 8.27. The lowest BCUT2D eigenvalue weighted by atomic mass is 9.98. The fraction of sp³-hybridized carbons (Fsp3) is 0.263. The Morgan fingerprint density at radius 3 is 2.27 bits per heavy atom. The summed E-state index contributed by atoms with van der Waals surface area (Å²) in [6, 6.07) is 18.4. The van der Waals surface area contributed by atoms with Gasteiger partial charge in [0.15, 0.2) is 0 Å². The Morgan fingerprint density at radius 1 is 0.955 bits per heavy atom. The molecule has 2 aromatic carbocycles. The number of benzodiazepines with no additional fused rings is 1. The lowest BCUT2D eigenvalue weighted by Crippen LogP contribution is -2.44. The van der Waals surface area contributed by atoms with Crippen molar-refractivity contribution < 1.29 is 0 Å². The molecule has 1 heterocycles. The minimum Gasteiger partial charge on any atom is -0.359 e. The second-order valence-electron chi connectivity index (χ2n) is 6.55. The van der Waals surface area contributed by atoms with Crippen LogP contribution in [0.3, 0.4) is 0 Å².